The van der Waals surface area contributed by atoms with Crippen LogP contribution in [0.25, 0.3) is 10.9 Å². The number of nitrogens with one attached hydrogen (secondary N) is 1. The molecule has 0 aliphatic carbocycles. The Morgan fingerprint density at radius 3 is 2.28 bits per heavy atom. The zero-order valence-corrected chi connectivity index (χ0v) is 17.1. The van der Waals surface area contributed by atoms with Crippen LogP contribution >= 0.6 is 0 Å². The molecule has 2 bridgehead atoms. The Morgan fingerprint density at radius 1 is 1.19 bits per heavy atom. The fourth-order valence-electron chi connectivity index (χ4n) is 4.35. The number of halogens is 5. The van der Waals surface area contributed by atoms with Gasteiger partial charge in [0.05, 0.1) is 5.52 Å². The maximum absolute atomic E-state index is 12.8. The molecule has 2 fully saturated rings. The van der Waals surface area contributed by atoms with Crippen LogP contribution in [-0.4, -0.2) is 69.4 Å². The van der Waals surface area contributed by atoms with Gasteiger partial charge in [0, 0.05) is 23.5 Å². The Hall–Kier alpha value is -2.76. The van der Waals surface area contributed by atoms with Crippen molar-refractivity contribution < 1.29 is 36.6 Å². The molecule has 0 radical (unpaired) electrons. The first-order valence-electron chi connectivity index (χ1n) is 10.0. The van der Waals surface area contributed by atoms with Crippen molar-refractivity contribution in [2.24, 2.45) is 0 Å². The van der Waals surface area contributed by atoms with E-state index in [1.54, 1.807) is 24.3 Å². The average Bonchev–Trinajstić information content (AvgIpc) is 3.14. The monoisotopic (exact) mass is 462 g/mol. The molecule has 0 spiro atoms. The lowest BCUT2D eigenvalue weighted by molar-refractivity contribution is -0.192. The second-order valence-corrected chi connectivity index (χ2v) is 7.93. The van der Waals surface area contributed by atoms with E-state index in [0.29, 0.717) is 23.0 Å². The predicted molar refractivity (Wildman–Crippen MR) is 104 cm³/mol. The Balaban J connectivity index is 0.000000360. The number of rotatable bonds is 4. The standard InChI is InChI=1S/C18H22F2N4O.C2HF3O2/c1-23-12-6-7-13(23)9-11(8-12)21-18(25)17-14-4-2-3-5-15(14)24(22-17)10-16(19)20;3-2(4,5)1(6)7/h2-5,11-13,16H,6-10H2,1H3,(H,21,25);(H,6,7)/t11-,12+,13-;. The predicted octanol–water partition coefficient (Wildman–Crippen LogP) is 3.29. The number of carbonyl (C=O) groups is 2. The second kappa shape index (κ2) is 9.39. The number of nitrogens with zero attached hydrogens (tertiary/aromatic N) is 3. The minimum Gasteiger partial charge on any atom is -0.475 e. The molecule has 0 unspecified atom stereocenters. The number of amides is 1. The topological polar surface area (TPSA) is 87.5 Å². The minimum atomic E-state index is -5.08. The molecule has 1 aromatic carbocycles. The van der Waals surface area contributed by atoms with Crippen molar-refractivity contribution >= 4 is 22.8 Å². The first kappa shape index (κ1) is 23.9. The Bertz CT molecular complexity index is 964. The van der Waals surface area contributed by atoms with Gasteiger partial charge in [0.25, 0.3) is 12.3 Å². The van der Waals surface area contributed by atoms with E-state index in [0.717, 1.165) is 12.8 Å². The second-order valence-electron chi connectivity index (χ2n) is 7.93. The van der Waals surface area contributed by atoms with Gasteiger partial charge in [0.15, 0.2) is 5.69 Å². The first-order valence-corrected chi connectivity index (χ1v) is 10.0. The van der Waals surface area contributed by atoms with Crippen LogP contribution in [0.3, 0.4) is 0 Å². The van der Waals surface area contributed by atoms with Gasteiger partial charge in [-0.2, -0.15) is 18.3 Å². The quantitative estimate of drug-likeness (QED) is 0.681. The molecule has 1 amide bonds. The van der Waals surface area contributed by atoms with Gasteiger partial charge in [0.1, 0.15) is 6.54 Å². The normalized spacial score (nSPS) is 23.2. The highest BCUT2D eigenvalue weighted by molar-refractivity contribution is 6.05. The van der Waals surface area contributed by atoms with Gasteiger partial charge >= 0.3 is 12.1 Å². The van der Waals surface area contributed by atoms with Gasteiger partial charge in [-0.05, 0) is 38.8 Å². The summed E-state index contributed by atoms with van der Waals surface area (Å²) in [7, 11) is 2.15. The lowest BCUT2D eigenvalue weighted by atomic mass is 9.98. The minimum absolute atomic E-state index is 0.125. The van der Waals surface area contributed by atoms with Crippen LogP contribution in [0.2, 0.25) is 0 Å². The summed E-state index contributed by atoms with van der Waals surface area (Å²) in [5.41, 5.74) is 0.805. The van der Waals surface area contributed by atoms with Crippen LogP contribution in [0.5, 0.6) is 0 Å². The van der Waals surface area contributed by atoms with Gasteiger partial charge in [0.2, 0.25) is 0 Å². The van der Waals surface area contributed by atoms with Crippen molar-refractivity contribution in [2.75, 3.05) is 7.05 Å². The third kappa shape index (κ3) is 5.34. The molecule has 12 heteroatoms. The molecule has 7 nitrogen and oxygen atoms in total. The zero-order valence-electron chi connectivity index (χ0n) is 17.1. The lowest BCUT2D eigenvalue weighted by Gasteiger charge is -2.36. The Morgan fingerprint density at radius 2 is 1.75 bits per heavy atom. The molecule has 2 aromatic rings. The van der Waals surface area contributed by atoms with Crippen LogP contribution < -0.4 is 5.32 Å². The van der Waals surface area contributed by atoms with Gasteiger partial charge in [-0.25, -0.2) is 13.6 Å². The van der Waals surface area contributed by atoms with Crippen molar-refractivity contribution in [3.8, 4) is 0 Å². The summed E-state index contributed by atoms with van der Waals surface area (Å²) < 4.78 is 58.6. The highest BCUT2D eigenvalue weighted by Crippen LogP contribution is 2.34. The molecule has 3 atom stereocenters. The molecule has 3 heterocycles. The van der Waals surface area contributed by atoms with E-state index in [1.807, 2.05) is 0 Å². The molecular formula is C20H23F5N4O3. The SMILES string of the molecule is CN1[C@@H]2CC[C@H]1C[C@@H](NC(=O)c1nn(CC(F)F)c3ccccc13)C2.O=C(O)C(F)(F)F. The molecular weight excluding hydrogens is 439 g/mol. The number of hydrogen-bond donors (Lipinski definition) is 2. The molecule has 2 saturated heterocycles. The van der Waals surface area contributed by atoms with E-state index in [2.05, 4.69) is 22.4 Å². The number of carboxylic acids is 1. The fraction of sp³-hybridized carbons (Fsp3) is 0.550. The average molecular weight is 462 g/mol. The van der Waals surface area contributed by atoms with Crippen molar-refractivity contribution in [2.45, 2.75) is 63.0 Å². The summed E-state index contributed by atoms with van der Waals surface area (Å²) in [4.78, 5) is 24.1. The van der Waals surface area contributed by atoms with Crippen molar-refractivity contribution in [1.82, 2.24) is 20.0 Å². The third-order valence-corrected chi connectivity index (χ3v) is 5.86. The highest BCUT2D eigenvalue weighted by Gasteiger charge is 2.39. The molecule has 32 heavy (non-hydrogen) atoms. The largest absolute Gasteiger partial charge is 0.490 e. The highest BCUT2D eigenvalue weighted by atomic mass is 19.4. The molecule has 4 rings (SSSR count). The lowest BCUT2D eigenvalue weighted by Crippen LogP contribution is -2.48. The first-order chi connectivity index (χ1) is 15.0. The molecule has 0 saturated carbocycles. The number of benzene rings is 1. The van der Waals surface area contributed by atoms with Crippen LogP contribution in [0, 0.1) is 0 Å². The summed E-state index contributed by atoms with van der Waals surface area (Å²) in [5.74, 6) is -3.02. The number of carbonyl (C=O) groups excluding carboxylic acids is 1. The molecule has 2 aliphatic heterocycles. The Labute approximate surface area is 180 Å². The van der Waals surface area contributed by atoms with Gasteiger partial charge in [-0.1, -0.05) is 18.2 Å². The van der Waals surface area contributed by atoms with Gasteiger partial charge < -0.3 is 15.3 Å². The number of aliphatic carboxylic acids is 1. The maximum atomic E-state index is 12.8. The number of para-hydroxylation sites is 1. The van der Waals surface area contributed by atoms with E-state index in [1.165, 1.54) is 17.5 Å². The van der Waals surface area contributed by atoms with Crippen LogP contribution in [-0.2, 0) is 11.3 Å². The van der Waals surface area contributed by atoms with E-state index in [-0.39, 0.29) is 17.6 Å². The summed E-state index contributed by atoms with van der Waals surface area (Å²) in [6.45, 7) is -0.508. The molecule has 1 aromatic heterocycles. The summed E-state index contributed by atoms with van der Waals surface area (Å²) in [6.07, 6.45) is -3.36. The number of fused-ring (bicyclic) bond motifs is 3. The summed E-state index contributed by atoms with van der Waals surface area (Å²) in [5, 5.41) is 15.0. The fourth-order valence-corrected chi connectivity index (χ4v) is 4.35. The van der Waals surface area contributed by atoms with Crippen LogP contribution in [0.15, 0.2) is 24.3 Å². The van der Waals surface area contributed by atoms with E-state index in [4.69, 9.17) is 9.90 Å². The number of piperidine rings is 1. The zero-order chi connectivity index (χ0) is 23.6. The smallest absolute Gasteiger partial charge is 0.475 e. The van der Waals surface area contributed by atoms with E-state index in [9.17, 15) is 26.7 Å². The van der Waals surface area contributed by atoms with Crippen molar-refractivity contribution in [3.63, 3.8) is 0 Å². The molecule has 2 N–H and O–H groups in total. The number of hydrogen-bond acceptors (Lipinski definition) is 4. The summed E-state index contributed by atoms with van der Waals surface area (Å²) in [6, 6.07) is 8.22. The molecule has 176 valence electrons. The van der Waals surface area contributed by atoms with Gasteiger partial charge in [-0.15, -0.1) is 0 Å². The van der Waals surface area contributed by atoms with E-state index >= 15 is 0 Å². The van der Waals surface area contributed by atoms with Crippen molar-refractivity contribution in [1.29, 1.82) is 0 Å². The maximum Gasteiger partial charge on any atom is 0.490 e. The number of carboxylic acid groups (broad SMARTS) is 1. The molecule has 2 aliphatic rings. The summed E-state index contributed by atoms with van der Waals surface area (Å²) >= 11 is 0. The third-order valence-electron chi connectivity index (χ3n) is 5.86. The number of alkyl halides is 5. The van der Waals surface area contributed by atoms with Crippen LogP contribution in [0.1, 0.15) is 36.2 Å². The Kier molecular flexibility index (Phi) is 7.01. The van der Waals surface area contributed by atoms with Crippen molar-refractivity contribution in [3.05, 3.63) is 30.0 Å². The number of aromatic nitrogens is 2. The van der Waals surface area contributed by atoms with Gasteiger partial charge in [-0.3, -0.25) is 9.48 Å². The van der Waals surface area contributed by atoms with E-state index < -0.39 is 25.1 Å². The van der Waals surface area contributed by atoms with Crippen LogP contribution in [0.4, 0.5) is 22.0 Å².